The van der Waals surface area contributed by atoms with Crippen LogP contribution in [-0.2, 0) is 6.54 Å². The van der Waals surface area contributed by atoms with E-state index in [1.165, 1.54) is 0 Å². The van der Waals surface area contributed by atoms with Gasteiger partial charge in [-0.15, -0.1) is 0 Å². The van der Waals surface area contributed by atoms with Gasteiger partial charge in [0.25, 0.3) is 0 Å². The topological polar surface area (TPSA) is 64.8 Å². The number of fused-ring (bicyclic) bond motifs is 4. The van der Waals surface area contributed by atoms with Gasteiger partial charge < -0.3 is 15.5 Å². The first-order chi connectivity index (χ1) is 31.6. The SMILES string of the molecule is CCCCC(CNCc1cc2ccccc2c(-c2c(-c3ccccc3)ccc3ccccc23)c1O)N=Cc1cc2ccccc2c(-c2c(-c3ccccc3)ccc3ccccc23)c1O. The Morgan fingerprint density at radius 1 is 0.484 bits per heavy atom. The van der Waals surface area contributed by atoms with Gasteiger partial charge in [-0.2, -0.15) is 0 Å². The van der Waals surface area contributed by atoms with Gasteiger partial charge in [0.05, 0.1) is 6.04 Å². The summed E-state index contributed by atoms with van der Waals surface area (Å²) in [6.07, 6.45) is 4.82. The quantitative estimate of drug-likeness (QED) is 0.101. The first-order valence-corrected chi connectivity index (χ1v) is 22.4. The van der Waals surface area contributed by atoms with E-state index >= 15 is 0 Å². The van der Waals surface area contributed by atoms with E-state index in [4.69, 9.17) is 4.99 Å². The van der Waals surface area contributed by atoms with Crippen molar-refractivity contribution < 1.29 is 10.2 Å². The second-order valence-electron chi connectivity index (χ2n) is 16.7. The summed E-state index contributed by atoms with van der Waals surface area (Å²) in [5.41, 5.74) is 9.54. The van der Waals surface area contributed by atoms with Gasteiger partial charge in [0.2, 0.25) is 0 Å². The second-order valence-corrected chi connectivity index (χ2v) is 16.7. The molecule has 0 aromatic heterocycles. The fraction of sp³-hybridized carbons (Fsp3) is 0.117. The minimum Gasteiger partial charge on any atom is -0.507 e. The minimum absolute atomic E-state index is 0.0588. The van der Waals surface area contributed by atoms with E-state index in [0.29, 0.717) is 18.7 Å². The third-order valence-electron chi connectivity index (χ3n) is 12.7. The smallest absolute Gasteiger partial charge is 0.132 e. The summed E-state index contributed by atoms with van der Waals surface area (Å²) in [4.78, 5) is 5.21. The number of aromatic hydroxyl groups is 2. The van der Waals surface area contributed by atoms with Crippen molar-refractivity contribution >= 4 is 49.3 Å². The van der Waals surface area contributed by atoms with E-state index in [2.05, 4.69) is 182 Å². The van der Waals surface area contributed by atoms with Crippen molar-refractivity contribution in [1.29, 1.82) is 0 Å². The van der Waals surface area contributed by atoms with Gasteiger partial charge in [-0.1, -0.05) is 202 Å². The van der Waals surface area contributed by atoms with Crippen molar-refractivity contribution in [2.24, 2.45) is 4.99 Å². The molecule has 10 aromatic carbocycles. The maximum atomic E-state index is 12.4. The lowest BCUT2D eigenvalue weighted by atomic mass is 9.86. The molecule has 0 fully saturated rings. The van der Waals surface area contributed by atoms with E-state index in [-0.39, 0.29) is 17.5 Å². The molecule has 0 aliphatic carbocycles. The molecule has 0 saturated carbocycles. The number of benzene rings is 10. The zero-order valence-corrected chi connectivity index (χ0v) is 36.0. The van der Waals surface area contributed by atoms with Gasteiger partial charge in [-0.05, 0) is 83.9 Å². The highest BCUT2D eigenvalue weighted by atomic mass is 16.3. The summed E-state index contributed by atoms with van der Waals surface area (Å²) in [6, 6.07) is 67.2. The summed E-state index contributed by atoms with van der Waals surface area (Å²) in [5.74, 6) is 0.500. The van der Waals surface area contributed by atoms with Crippen LogP contribution in [0.2, 0.25) is 0 Å². The first-order valence-electron chi connectivity index (χ1n) is 22.4. The first kappa shape index (κ1) is 40.5. The molecule has 4 nitrogen and oxygen atoms in total. The van der Waals surface area contributed by atoms with Gasteiger partial charge in [-0.25, -0.2) is 0 Å². The third kappa shape index (κ3) is 7.78. The summed E-state index contributed by atoms with van der Waals surface area (Å²) < 4.78 is 0. The second kappa shape index (κ2) is 18.1. The molecule has 0 bridgehead atoms. The number of aliphatic imine (C=N–C) groups is 1. The van der Waals surface area contributed by atoms with Crippen LogP contribution in [0.5, 0.6) is 11.5 Å². The van der Waals surface area contributed by atoms with E-state index in [0.717, 1.165) is 112 Å². The molecule has 0 radical (unpaired) electrons. The number of phenolic OH excluding ortho intramolecular Hbond substituents is 2. The average molecular weight is 831 g/mol. The predicted molar refractivity (Wildman–Crippen MR) is 271 cm³/mol. The minimum atomic E-state index is -0.0588. The third-order valence-corrected chi connectivity index (χ3v) is 12.7. The number of nitrogens with one attached hydrogen (secondary N) is 1. The van der Waals surface area contributed by atoms with Gasteiger partial charge >= 0.3 is 0 Å². The number of nitrogens with zero attached hydrogens (tertiary/aromatic N) is 1. The number of hydrogen-bond donors (Lipinski definition) is 3. The lowest BCUT2D eigenvalue weighted by Crippen LogP contribution is -2.25. The number of hydrogen-bond acceptors (Lipinski definition) is 4. The maximum Gasteiger partial charge on any atom is 0.132 e. The van der Waals surface area contributed by atoms with Crippen LogP contribution in [0, 0.1) is 0 Å². The fourth-order valence-electron chi connectivity index (χ4n) is 9.52. The molecule has 10 rings (SSSR count). The molecule has 0 heterocycles. The standard InChI is InChI=1S/C60H50N2O2/c1-2-3-26-48(62-38-47-36-45-25-13-17-30-52(45)58(60(47)64)56-50-28-15-11-23-43(50)32-34-54(56)41-20-8-5-9-21-41)39-61-37-46-35-44-24-12-16-29-51(44)57(59(46)63)55-49-27-14-10-22-42(49)31-33-53(55)40-18-6-4-7-19-40/h4-25,27-36,38,48,61,63-64H,2-3,26,37,39H2,1H3. The number of rotatable bonds is 13. The molecule has 10 aromatic rings. The van der Waals surface area contributed by atoms with Crippen LogP contribution in [0.4, 0.5) is 0 Å². The van der Waals surface area contributed by atoms with Gasteiger partial charge in [-0.3, -0.25) is 4.99 Å². The van der Waals surface area contributed by atoms with Crippen LogP contribution in [0.25, 0.3) is 87.6 Å². The van der Waals surface area contributed by atoms with Crippen molar-refractivity contribution in [2.45, 2.75) is 38.8 Å². The van der Waals surface area contributed by atoms with Crippen LogP contribution in [-0.4, -0.2) is 29.0 Å². The zero-order chi connectivity index (χ0) is 43.4. The summed E-state index contributed by atoms with van der Waals surface area (Å²) in [7, 11) is 0. The molecule has 0 spiro atoms. The highest BCUT2D eigenvalue weighted by Gasteiger charge is 2.22. The van der Waals surface area contributed by atoms with Crippen molar-refractivity contribution in [3.8, 4) is 56.0 Å². The summed E-state index contributed by atoms with van der Waals surface area (Å²) >= 11 is 0. The number of unbranched alkanes of at least 4 members (excludes halogenated alkanes) is 1. The Morgan fingerprint density at radius 2 is 0.938 bits per heavy atom. The normalized spacial score (nSPS) is 12.2. The molecule has 0 aliphatic rings. The van der Waals surface area contributed by atoms with Gasteiger partial charge in [0, 0.05) is 52.7 Å². The van der Waals surface area contributed by atoms with Crippen LogP contribution < -0.4 is 5.32 Å². The van der Waals surface area contributed by atoms with Crippen molar-refractivity contribution in [1.82, 2.24) is 5.32 Å². The van der Waals surface area contributed by atoms with Crippen LogP contribution >= 0.6 is 0 Å². The molecule has 0 amide bonds. The molecular weight excluding hydrogens is 781 g/mol. The van der Waals surface area contributed by atoms with Gasteiger partial charge in [0.15, 0.2) is 0 Å². The van der Waals surface area contributed by atoms with E-state index in [1.54, 1.807) is 0 Å². The average Bonchev–Trinajstić information content (AvgIpc) is 3.35. The monoisotopic (exact) mass is 830 g/mol. The summed E-state index contributed by atoms with van der Waals surface area (Å²) in [6.45, 7) is 3.27. The molecule has 0 saturated heterocycles. The Morgan fingerprint density at radius 3 is 1.47 bits per heavy atom. The molecule has 3 N–H and O–H groups in total. The molecule has 64 heavy (non-hydrogen) atoms. The van der Waals surface area contributed by atoms with E-state index < -0.39 is 0 Å². The highest BCUT2D eigenvalue weighted by molar-refractivity contribution is 6.15. The fourth-order valence-corrected chi connectivity index (χ4v) is 9.52. The highest BCUT2D eigenvalue weighted by Crippen LogP contribution is 2.48. The maximum absolute atomic E-state index is 12.4. The lowest BCUT2D eigenvalue weighted by Gasteiger charge is -2.20. The Kier molecular flexibility index (Phi) is 11.4. The predicted octanol–water partition coefficient (Wildman–Crippen LogP) is 15.1. The van der Waals surface area contributed by atoms with Crippen LogP contribution in [0.15, 0.2) is 199 Å². The van der Waals surface area contributed by atoms with Gasteiger partial charge in [0.1, 0.15) is 11.5 Å². The molecule has 1 atom stereocenters. The Balaban J connectivity index is 1.01. The largest absolute Gasteiger partial charge is 0.507 e. The molecular formula is C60H50N2O2. The number of phenols is 2. The molecule has 4 heteroatoms. The van der Waals surface area contributed by atoms with Crippen LogP contribution in [0.1, 0.15) is 37.3 Å². The molecule has 0 aliphatic heterocycles. The molecule has 312 valence electrons. The van der Waals surface area contributed by atoms with Crippen molar-refractivity contribution in [3.63, 3.8) is 0 Å². The van der Waals surface area contributed by atoms with Crippen LogP contribution in [0.3, 0.4) is 0 Å². The van der Waals surface area contributed by atoms with Crippen molar-refractivity contribution in [3.05, 3.63) is 205 Å². The van der Waals surface area contributed by atoms with E-state index in [1.807, 2.05) is 30.5 Å². The lowest BCUT2D eigenvalue weighted by molar-refractivity contribution is 0.463. The Hall–Kier alpha value is -7.53. The Labute approximate surface area is 374 Å². The zero-order valence-electron chi connectivity index (χ0n) is 36.0. The van der Waals surface area contributed by atoms with E-state index in [9.17, 15) is 10.2 Å². The summed E-state index contributed by atoms with van der Waals surface area (Å²) in [5, 5.41) is 37.1. The molecule has 1 unspecified atom stereocenters. The Bertz CT molecular complexity index is 3320. The van der Waals surface area contributed by atoms with Crippen molar-refractivity contribution in [2.75, 3.05) is 6.54 Å².